The van der Waals surface area contributed by atoms with Crippen molar-refractivity contribution < 1.29 is 28.5 Å². The number of esters is 1. The second kappa shape index (κ2) is 9.88. The molecule has 1 aromatic rings. The van der Waals surface area contributed by atoms with Gasteiger partial charge < -0.3 is 24.3 Å². The largest absolute Gasteiger partial charge is 0.491 e. The predicted octanol–water partition coefficient (Wildman–Crippen LogP) is 2.32. The van der Waals surface area contributed by atoms with Crippen molar-refractivity contribution in [2.75, 3.05) is 27.4 Å². The summed E-state index contributed by atoms with van der Waals surface area (Å²) in [5.41, 5.74) is 0.205. The lowest BCUT2D eigenvalue weighted by Crippen LogP contribution is -2.45. The van der Waals surface area contributed by atoms with E-state index in [1.54, 1.807) is 40.0 Å². The van der Waals surface area contributed by atoms with Crippen LogP contribution in [0.2, 0.25) is 0 Å². The highest BCUT2D eigenvalue weighted by atomic mass is 16.6. The van der Waals surface area contributed by atoms with Crippen molar-refractivity contribution in [2.45, 2.75) is 38.8 Å². The zero-order valence-electron chi connectivity index (χ0n) is 15.5. The number of ether oxygens (including phenoxy) is 4. The van der Waals surface area contributed by atoms with Crippen LogP contribution in [-0.4, -0.2) is 51.1 Å². The van der Waals surface area contributed by atoms with Gasteiger partial charge in [-0.05, 0) is 38.5 Å². The Bertz CT molecular complexity index is 550. The van der Waals surface area contributed by atoms with Crippen LogP contribution in [0.15, 0.2) is 24.3 Å². The molecule has 0 bridgehead atoms. The molecule has 25 heavy (non-hydrogen) atoms. The molecule has 0 heterocycles. The summed E-state index contributed by atoms with van der Waals surface area (Å²) in [4.78, 5) is 23.8. The number of benzene rings is 1. The first-order valence-corrected chi connectivity index (χ1v) is 8.03. The zero-order valence-corrected chi connectivity index (χ0v) is 15.5. The molecule has 1 atom stereocenters. The highest BCUT2D eigenvalue weighted by Gasteiger charge is 2.25. The smallest absolute Gasteiger partial charge is 0.408 e. The first-order chi connectivity index (χ1) is 11.7. The Morgan fingerprint density at radius 1 is 1.08 bits per heavy atom. The molecule has 0 fully saturated rings. The molecule has 7 heteroatoms. The monoisotopic (exact) mass is 353 g/mol. The number of carbonyl (C=O) groups excluding carboxylic acids is 2. The van der Waals surface area contributed by atoms with Gasteiger partial charge in [-0.25, -0.2) is 9.59 Å². The van der Waals surface area contributed by atoms with Gasteiger partial charge >= 0.3 is 12.1 Å². The molecule has 0 saturated carbocycles. The molecule has 0 aliphatic carbocycles. The van der Waals surface area contributed by atoms with Crippen LogP contribution in [0.5, 0.6) is 5.75 Å². The standard InChI is InChI=1S/C18H27NO6/c1-18(2,3)25-17(21)19-15(16(20)23-5)12-13-6-8-14(9-7-13)24-11-10-22-4/h6-9,15H,10-12H2,1-5H3,(H,19,21). The van der Waals surface area contributed by atoms with Crippen molar-refractivity contribution in [2.24, 2.45) is 0 Å². The maximum atomic E-state index is 11.9. The van der Waals surface area contributed by atoms with Crippen molar-refractivity contribution >= 4 is 12.1 Å². The van der Waals surface area contributed by atoms with Gasteiger partial charge in [-0.2, -0.15) is 0 Å². The van der Waals surface area contributed by atoms with Crippen LogP contribution < -0.4 is 10.1 Å². The Kier molecular flexibility index (Phi) is 8.21. The van der Waals surface area contributed by atoms with Gasteiger partial charge in [0.15, 0.2) is 0 Å². The molecule has 0 aliphatic heterocycles. The topological polar surface area (TPSA) is 83.1 Å². The Labute approximate surface area is 148 Å². The molecule has 0 saturated heterocycles. The SMILES string of the molecule is COCCOc1ccc(CC(NC(=O)OC(C)(C)C)C(=O)OC)cc1. The van der Waals surface area contributed by atoms with Gasteiger partial charge in [-0.3, -0.25) is 0 Å². The Morgan fingerprint density at radius 3 is 2.24 bits per heavy atom. The van der Waals surface area contributed by atoms with E-state index in [0.29, 0.717) is 19.0 Å². The third kappa shape index (κ3) is 8.39. The minimum atomic E-state index is -0.833. The lowest BCUT2D eigenvalue weighted by atomic mass is 10.1. The molecule has 140 valence electrons. The third-order valence-electron chi connectivity index (χ3n) is 3.10. The van der Waals surface area contributed by atoms with Crippen molar-refractivity contribution in [3.05, 3.63) is 29.8 Å². The highest BCUT2D eigenvalue weighted by molar-refractivity contribution is 5.81. The highest BCUT2D eigenvalue weighted by Crippen LogP contribution is 2.14. The molecule has 0 radical (unpaired) electrons. The average Bonchev–Trinajstić information content (AvgIpc) is 2.53. The second-order valence-electron chi connectivity index (χ2n) is 6.41. The van der Waals surface area contributed by atoms with E-state index in [0.717, 1.165) is 5.56 Å². The van der Waals surface area contributed by atoms with E-state index in [9.17, 15) is 9.59 Å². The van der Waals surface area contributed by atoms with Gasteiger partial charge in [-0.1, -0.05) is 12.1 Å². The first-order valence-electron chi connectivity index (χ1n) is 8.03. The number of amides is 1. The van der Waals surface area contributed by atoms with Crippen LogP contribution in [0.25, 0.3) is 0 Å². The van der Waals surface area contributed by atoms with E-state index in [2.05, 4.69) is 5.32 Å². The van der Waals surface area contributed by atoms with E-state index in [1.807, 2.05) is 12.1 Å². The molecule has 0 spiro atoms. The number of rotatable bonds is 8. The fourth-order valence-corrected chi connectivity index (χ4v) is 1.99. The summed E-state index contributed by atoms with van der Waals surface area (Å²) in [6.07, 6.45) is -0.382. The van der Waals surface area contributed by atoms with Crippen LogP contribution in [0, 0.1) is 0 Å². The lowest BCUT2D eigenvalue weighted by molar-refractivity contribution is -0.143. The van der Waals surface area contributed by atoms with E-state index < -0.39 is 23.7 Å². The summed E-state index contributed by atoms with van der Waals surface area (Å²) < 4.78 is 20.4. The third-order valence-corrected chi connectivity index (χ3v) is 3.10. The molecule has 1 rings (SSSR count). The molecular weight excluding hydrogens is 326 g/mol. The Hall–Kier alpha value is -2.28. The molecule has 0 aliphatic rings. The quantitative estimate of drug-likeness (QED) is 0.570. The number of hydrogen-bond donors (Lipinski definition) is 1. The van der Waals surface area contributed by atoms with Gasteiger partial charge in [-0.15, -0.1) is 0 Å². The normalized spacial score (nSPS) is 12.2. The fraction of sp³-hybridized carbons (Fsp3) is 0.556. The summed E-state index contributed by atoms with van der Waals surface area (Å²) in [5, 5.41) is 2.55. The number of hydrogen-bond acceptors (Lipinski definition) is 6. The van der Waals surface area contributed by atoms with Gasteiger partial charge in [0.1, 0.15) is 24.0 Å². The maximum absolute atomic E-state index is 11.9. The van der Waals surface area contributed by atoms with Gasteiger partial charge in [0, 0.05) is 13.5 Å². The van der Waals surface area contributed by atoms with Crippen molar-refractivity contribution in [3.8, 4) is 5.75 Å². The minimum Gasteiger partial charge on any atom is -0.491 e. The van der Waals surface area contributed by atoms with E-state index in [1.165, 1.54) is 7.11 Å². The molecular formula is C18H27NO6. The Balaban J connectivity index is 2.68. The maximum Gasteiger partial charge on any atom is 0.408 e. The average molecular weight is 353 g/mol. The van der Waals surface area contributed by atoms with Gasteiger partial charge in [0.25, 0.3) is 0 Å². The number of methoxy groups -OCH3 is 2. The summed E-state index contributed by atoms with van der Waals surface area (Å²) in [6.45, 7) is 6.22. The minimum absolute atomic E-state index is 0.282. The lowest BCUT2D eigenvalue weighted by Gasteiger charge is -2.22. The van der Waals surface area contributed by atoms with E-state index in [-0.39, 0.29) is 6.42 Å². The fourth-order valence-electron chi connectivity index (χ4n) is 1.99. The van der Waals surface area contributed by atoms with E-state index in [4.69, 9.17) is 18.9 Å². The first kappa shape index (κ1) is 20.8. The molecule has 1 unspecified atom stereocenters. The number of carbonyl (C=O) groups is 2. The van der Waals surface area contributed by atoms with Gasteiger partial charge in [0.05, 0.1) is 13.7 Å². The second-order valence-corrected chi connectivity index (χ2v) is 6.41. The number of alkyl carbamates (subject to hydrolysis) is 1. The zero-order chi connectivity index (χ0) is 18.9. The molecule has 1 aromatic carbocycles. The van der Waals surface area contributed by atoms with Crippen LogP contribution in [0.1, 0.15) is 26.3 Å². The molecule has 7 nitrogen and oxygen atoms in total. The van der Waals surface area contributed by atoms with Crippen LogP contribution in [-0.2, 0) is 25.4 Å². The van der Waals surface area contributed by atoms with Crippen molar-refractivity contribution in [1.82, 2.24) is 5.32 Å². The van der Waals surface area contributed by atoms with Crippen molar-refractivity contribution in [3.63, 3.8) is 0 Å². The summed E-state index contributed by atoms with van der Waals surface area (Å²) >= 11 is 0. The van der Waals surface area contributed by atoms with Gasteiger partial charge in [0.2, 0.25) is 0 Å². The Morgan fingerprint density at radius 2 is 1.72 bits per heavy atom. The molecule has 1 N–H and O–H groups in total. The van der Waals surface area contributed by atoms with Crippen LogP contribution in [0.4, 0.5) is 4.79 Å². The van der Waals surface area contributed by atoms with E-state index >= 15 is 0 Å². The molecule has 1 amide bonds. The summed E-state index contributed by atoms with van der Waals surface area (Å²) in [6, 6.07) is 6.42. The number of nitrogens with one attached hydrogen (secondary N) is 1. The summed E-state index contributed by atoms with van der Waals surface area (Å²) in [5.74, 6) is 0.168. The molecule has 0 aromatic heterocycles. The van der Waals surface area contributed by atoms with Crippen LogP contribution >= 0.6 is 0 Å². The van der Waals surface area contributed by atoms with Crippen LogP contribution in [0.3, 0.4) is 0 Å². The predicted molar refractivity (Wildman–Crippen MR) is 92.7 cm³/mol. The van der Waals surface area contributed by atoms with Crippen molar-refractivity contribution in [1.29, 1.82) is 0 Å². The summed E-state index contributed by atoms with van der Waals surface area (Å²) in [7, 11) is 2.88.